The third kappa shape index (κ3) is 3.52. The van der Waals surface area contributed by atoms with Gasteiger partial charge in [-0.1, -0.05) is 6.07 Å². The summed E-state index contributed by atoms with van der Waals surface area (Å²) >= 11 is 0. The Bertz CT molecular complexity index is 1160. The minimum Gasteiger partial charge on any atom is -0.399 e. The monoisotopic (exact) mass is 393 g/mol. The minimum atomic E-state index is -0.142. The van der Waals surface area contributed by atoms with Gasteiger partial charge in [-0.15, -0.1) is 0 Å². The van der Waals surface area contributed by atoms with Gasteiger partial charge in [0.2, 0.25) is 5.91 Å². The number of benzene rings is 1. The Morgan fingerprint density at radius 3 is 2.97 bits per heavy atom. The van der Waals surface area contributed by atoms with Gasteiger partial charge in [0, 0.05) is 24.8 Å². The smallest absolute Gasteiger partial charge is 0.273 e. The normalized spacial score (nSPS) is 16.0. The zero-order chi connectivity index (χ0) is 20.7. The Kier molecular flexibility index (Phi) is 4.90. The van der Waals surface area contributed by atoms with Crippen molar-refractivity contribution < 1.29 is 4.79 Å². The summed E-state index contributed by atoms with van der Waals surface area (Å²) in [6, 6.07) is 5.97. The van der Waals surface area contributed by atoms with Crippen LogP contribution in [0.25, 0.3) is 11.0 Å². The number of nitrogens with two attached hydrogens (primary N) is 1. The lowest BCUT2D eigenvalue weighted by Gasteiger charge is -2.26. The second-order valence-corrected chi connectivity index (χ2v) is 7.97. The number of nitrogens with zero attached hydrogens (tertiary/aromatic N) is 2. The van der Waals surface area contributed by atoms with Gasteiger partial charge >= 0.3 is 0 Å². The molecule has 2 heterocycles. The maximum atomic E-state index is 12.7. The van der Waals surface area contributed by atoms with E-state index in [0.29, 0.717) is 23.9 Å². The summed E-state index contributed by atoms with van der Waals surface area (Å²) in [5.41, 5.74) is 12.3. The molecule has 0 bridgehead atoms. The fraction of sp³-hybridized carbons (Fsp3) is 0.409. The number of anilines is 1. The molecule has 7 nitrogen and oxygen atoms in total. The van der Waals surface area contributed by atoms with E-state index in [4.69, 9.17) is 5.73 Å². The quantitative estimate of drug-likeness (QED) is 0.592. The van der Waals surface area contributed by atoms with Crippen molar-refractivity contribution in [2.45, 2.75) is 52.0 Å². The van der Waals surface area contributed by atoms with Crippen LogP contribution in [-0.4, -0.2) is 20.7 Å². The third-order valence-corrected chi connectivity index (χ3v) is 5.99. The fourth-order valence-corrected chi connectivity index (χ4v) is 4.51. The van der Waals surface area contributed by atoms with Crippen LogP contribution in [0.1, 0.15) is 53.3 Å². The van der Waals surface area contributed by atoms with E-state index in [9.17, 15) is 9.59 Å². The van der Waals surface area contributed by atoms with Crippen LogP contribution in [-0.2, 0) is 24.7 Å². The summed E-state index contributed by atoms with van der Waals surface area (Å²) in [5, 5.41) is 6.54. The molecule has 3 aromatic rings. The van der Waals surface area contributed by atoms with Crippen molar-refractivity contribution in [2.24, 2.45) is 7.05 Å². The van der Waals surface area contributed by atoms with E-state index in [1.807, 2.05) is 32.0 Å². The largest absolute Gasteiger partial charge is 0.399 e. The molecule has 1 amide bonds. The van der Waals surface area contributed by atoms with Crippen molar-refractivity contribution >= 4 is 22.6 Å². The highest BCUT2D eigenvalue weighted by Crippen LogP contribution is 2.31. The van der Waals surface area contributed by atoms with E-state index < -0.39 is 0 Å². The van der Waals surface area contributed by atoms with Crippen molar-refractivity contribution in [1.82, 2.24) is 20.1 Å². The molecule has 0 saturated carbocycles. The van der Waals surface area contributed by atoms with Crippen molar-refractivity contribution in [3.05, 3.63) is 56.5 Å². The maximum absolute atomic E-state index is 12.7. The molecule has 7 heteroatoms. The molecule has 4 N–H and O–H groups in total. The van der Waals surface area contributed by atoms with Crippen LogP contribution >= 0.6 is 0 Å². The van der Waals surface area contributed by atoms with Gasteiger partial charge in [-0.2, -0.15) is 0 Å². The number of rotatable bonds is 4. The molecule has 0 fully saturated rings. The number of pyridine rings is 1. The number of carbonyl (C=O) groups excluding carboxylic acids is 1. The van der Waals surface area contributed by atoms with Crippen molar-refractivity contribution in [2.75, 3.05) is 5.73 Å². The van der Waals surface area contributed by atoms with Gasteiger partial charge in [-0.25, -0.2) is 4.98 Å². The van der Waals surface area contributed by atoms with Crippen molar-refractivity contribution in [3.63, 3.8) is 0 Å². The molecule has 4 rings (SSSR count). The van der Waals surface area contributed by atoms with Crippen molar-refractivity contribution in [3.8, 4) is 0 Å². The van der Waals surface area contributed by atoms with Crippen LogP contribution in [0.15, 0.2) is 23.0 Å². The highest BCUT2D eigenvalue weighted by Gasteiger charge is 2.22. The predicted molar refractivity (Wildman–Crippen MR) is 114 cm³/mol. The van der Waals surface area contributed by atoms with Gasteiger partial charge in [0.05, 0.1) is 11.4 Å². The third-order valence-electron chi connectivity index (χ3n) is 5.99. The number of aromatic nitrogens is 3. The topological polar surface area (TPSA) is 106 Å². The zero-order valence-electron chi connectivity index (χ0n) is 17.1. The molecule has 1 unspecified atom stereocenters. The molecule has 1 aromatic carbocycles. The standard InChI is InChI=1S/C22H27N5O2/c1-12-16(13(2)24-21-20(12)22(29)26-27(21)3)9-10-19(28)25-18-6-4-5-14-11-15(23)7-8-17(14)18/h7-8,11,18H,4-6,9-10,23H2,1-3H3,(H,25,28)(H,26,29). The summed E-state index contributed by atoms with van der Waals surface area (Å²) in [6.45, 7) is 3.86. The molecule has 152 valence electrons. The van der Waals surface area contributed by atoms with E-state index in [2.05, 4.69) is 15.4 Å². The number of carbonyl (C=O) groups is 1. The summed E-state index contributed by atoms with van der Waals surface area (Å²) in [4.78, 5) is 29.5. The fourth-order valence-electron chi connectivity index (χ4n) is 4.51. The molecule has 0 radical (unpaired) electrons. The van der Waals surface area contributed by atoms with Crippen molar-refractivity contribution in [1.29, 1.82) is 0 Å². The Morgan fingerprint density at radius 2 is 2.17 bits per heavy atom. The van der Waals surface area contributed by atoms with E-state index in [1.54, 1.807) is 11.7 Å². The number of aryl methyl sites for hydroxylation is 4. The first-order valence-corrected chi connectivity index (χ1v) is 10.1. The zero-order valence-corrected chi connectivity index (χ0v) is 17.1. The number of nitrogen functional groups attached to an aromatic ring is 1. The highest BCUT2D eigenvalue weighted by atomic mass is 16.1. The predicted octanol–water partition coefficient (Wildman–Crippen LogP) is 2.59. The summed E-state index contributed by atoms with van der Waals surface area (Å²) in [5.74, 6) is 0.0144. The molecule has 2 aromatic heterocycles. The van der Waals surface area contributed by atoms with Gasteiger partial charge in [-0.3, -0.25) is 19.4 Å². The maximum Gasteiger partial charge on any atom is 0.273 e. The molecule has 0 spiro atoms. The Hall–Kier alpha value is -3.09. The molecule has 1 aliphatic rings. The lowest BCUT2D eigenvalue weighted by molar-refractivity contribution is -0.121. The molecule has 1 aliphatic carbocycles. The van der Waals surface area contributed by atoms with Gasteiger partial charge in [-0.05, 0) is 73.9 Å². The van der Waals surface area contributed by atoms with Crippen LogP contribution in [0.3, 0.4) is 0 Å². The van der Waals surface area contributed by atoms with Crippen LogP contribution in [0.4, 0.5) is 5.69 Å². The van der Waals surface area contributed by atoms with Gasteiger partial charge < -0.3 is 11.1 Å². The molecular weight excluding hydrogens is 366 g/mol. The molecule has 0 saturated heterocycles. The summed E-state index contributed by atoms with van der Waals surface area (Å²) in [6.07, 6.45) is 3.90. The summed E-state index contributed by atoms with van der Waals surface area (Å²) in [7, 11) is 1.78. The lowest BCUT2D eigenvalue weighted by Crippen LogP contribution is -2.31. The SMILES string of the molecule is Cc1nc2c(c(C)c1CCC(=O)NC1CCCc3cc(N)ccc31)c(=O)[nH]n2C. The van der Waals surface area contributed by atoms with Gasteiger partial charge in [0.25, 0.3) is 5.56 Å². The first-order valence-electron chi connectivity index (χ1n) is 10.1. The second kappa shape index (κ2) is 7.39. The molecule has 0 aliphatic heterocycles. The van der Waals surface area contributed by atoms with Gasteiger partial charge in [0.1, 0.15) is 0 Å². The first-order chi connectivity index (χ1) is 13.8. The van der Waals surface area contributed by atoms with E-state index >= 15 is 0 Å². The highest BCUT2D eigenvalue weighted by molar-refractivity contribution is 5.81. The number of aromatic amines is 1. The average molecular weight is 393 g/mol. The minimum absolute atomic E-state index is 0.0144. The van der Waals surface area contributed by atoms with Gasteiger partial charge in [0.15, 0.2) is 5.65 Å². The number of fused-ring (bicyclic) bond motifs is 2. The van der Waals surface area contributed by atoms with Crippen LogP contribution in [0.5, 0.6) is 0 Å². The molecule has 1 atom stereocenters. The Morgan fingerprint density at radius 1 is 1.38 bits per heavy atom. The van der Waals surface area contributed by atoms with E-state index in [0.717, 1.165) is 41.8 Å². The molecule has 29 heavy (non-hydrogen) atoms. The average Bonchev–Trinajstić information content (AvgIpc) is 2.95. The number of hydrogen-bond donors (Lipinski definition) is 3. The van der Waals surface area contributed by atoms with Crippen LogP contribution in [0.2, 0.25) is 0 Å². The Balaban J connectivity index is 1.50. The number of amides is 1. The Labute approximate surface area is 169 Å². The first kappa shape index (κ1) is 19.2. The number of H-pyrrole nitrogens is 1. The summed E-state index contributed by atoms with van der Waals surface area (Å²) < 4.78 is 1.64. The van der Waals surface area contributed by atoms with Crippen LogP contribution in [0, 0.1) is 13.8 Å². The van der Waals surface area contributed by atoms with Crippen LogP contribution < -0.4 is 16.6 Å². The number of hydrogen-bond acceptors (Lipinski definition) is 4. The lowest BCUT2D eigenvalue weighted by atomic mass is 9.87. The van der Waals surface area contributed by atoms with E-state index in [-0.39, 0.29) is 17.5 Å². The second-order valence-electron chi connectivity index (χ2n) is 7.97. The number of nitrogens with one attached hydrogen (secondary N) is 2. The van der Waals surface area contributed by atoms with E-state index in [1.165, 1.54) is 11.1 Å². The molecular formula is C22H27N5O2.